The van der Waals surface area contributed by atoms with Crippen molar-refractivity contribution in [1.29, 1.82) is 0 Å². The molecule has 0 aliphatic carbocycles. The van der Waals surface area contributed by atoms with E-state index in [9.17, 15) is 9.18 Å². The van der Waals surface area contributed by atoms with Crippen molar-refractivity contribution in [1.82, 2.24) is 0 Å². The first-order valence-electron chi connectivity index (χ1n) is 5.38. The summed E-state index contributed by atoms with van der Waals surface area (Å²) in [7, 11) is 0. The van der Waals surface area contributed by atoms with E-state index in [-0.39, 0.29) is 15.6 Å². The van der Waals surface area contributed by atoms with Crippen molar-refractivity contribution >= 4 is 40.6 Å². The largest absolute Gasteiger partial charge is 0.292 e. The highest BCUT2D eigenvalue weighted by molar-refractivity contribution is 6.43. The Balaban J connectivity index is 2.36. The van der Waals surface area contributed by atoms with E-state index in [4.69, 9.17) is 34.8 Å². The molecule has 0 spiro atoms. The number of carbonyl (C=O) groups excluding carboxylic acids is 1. The number of rotatable bonds is 3. The van der Waals surface area contributed by atoms with Crippen molar-refractivity contribution in [3.63, 3.8) is 0 Å². The monoisotopic (exact) mass is 316 g/mol. The third-order valence-corrected chi connectivity index (χ3v) is 3.68. The van der Waals surface area contributed by atoms with Crippen LogP contribution in [0, 0.1) is 5.82 Å². The summed E-state index contributed by atoms with van der Waals surface area (Å²) >= 11 is 18.0. The molecule has 0 radical (unpaired) electrons. The highest BCUT2D eigenvalue weighted by Gasteiger charge is 2.23. The fourth-order valence-corrected chi connectivity index (χ4v) is 2.48. The zero-order valence-corrected chi connectivity index (χ0v) is 11.8. The fraction of sp³-hybridized carbons (Fsp3) is 0.0714. The lowest BCUT2D eigenvalue weighted by Gasteiger charge is -2.11. The molecule has 1 atom stereocenters. The molecular weight excluding hydrogens is 310 g/mol. The van der Waals surface area contributed by atoms with E-state index in [1.54, 1.807) is 18.2 Å². The minimum atomic E-state index is -0.960. The van der Waals surface area contributed by atoms with Crippen molar-refractivity contribution in [2.24, 2.45) is 0 Å². The van der Waals surface area contributed by atoms with E-state index < -0.39 is 17.0 Å². The number of Topliss-reactive ketones (excluding diaryl/α,β-unsaturated/α-hetero) is 1. The van der Waals surface area contributed by atoms with E-state index in [2.05, 4.69) is 0 Å². The average Bonchev–Trinajstić information content (AvgIpc) is 2.38. The molecule has 0 heterocycles. The molecule has 0 fully saturated rings. The van der Waals surface area contributed by atoms with Crippen LogP contribution in [0.2, 0.25) is 10.0 Å². The molecule has 5 heteroatoms. The normalized spacial score (nSPS) is 12.2. The molecular formula is C14H8Cl3FO. The standard InChI is InChI=1S/C14H8Cl3FO/c15-10-2-1-3-11(16)12(10)14(19)13(17)8-4-6-9(18)7-5-8/h1-7,13H. The molecule has 2 aromatic rings. The van der Waals surface area contributed by atoms with Crippen molar-refractivity contribution in [2.45, 2.75) is 5.38 Å². The second-order valence-electron chi connectivity index (χ2n) is 3.88. The van der Waals surface area contributed by atoms with E-state index in [0.29, 0.717) is 5.56 Å². The molecule has 19 heavy (non-hydrogen) atoms. The van der Waals surface area contributed by atoms with Gasteiger partial charge >= 0.3 is 0 Å². The van der Waals surface area contributed by atoms with Gasteiger partial charge in [0.1, 0.15) is 11.2 Å². The van der Waals surface area contributed by atoms with Gasteiger partial charge in [-0.25, -0.2) is 4.39 Å². The van der Waals surface area contributed by atoms with Crippen LogP contribution in [0.1, 0.15) is 21.3 Å². The Bertz CT molecular complexity index is 590. The van der Waals surface area contributed by atoms with Crippen molar-refractivity contribution < 1.29 is 9.18 Å². The molecule has 0 N–H and O–H groups in total. The maximum Gasteiger partial charge on any atom is 0.188 e. The van der Waals surface area contributed by atoms with Gasteiger partial charge < -0.3 is 0 Å². The number of ketones is 1. The topological polar surface area (TPSA) is 17.1 Å². The van der Waals surface area contributed by atoms with Gasteiger partial charge in [-0.15, -0.1) is 11.6 Å². The number of hydrogen-bond donors (Lipinski definition) is 0. The lowest BCUT2D eigenvalue weighted by Crippen LogP contribution is -2.09. The zero-order valence-electron chi connectivity index (χ0n) is 9.54. The SMILES string of the molecule is O=C(c1c(Cl)cccc1Cl)C(Cl)c1ccc(F)cc1. The number of alkyl halides is 1. The molecule has 0 bridgehead atoms. The van der Waals surface area contributed by atoms with Gasteiger partial charge in [0.25, 0.3) is 0 Å². The molecule has 0 saturated heterocycles. The number of benzene rings is 2. The van der Waals surface area contributed by atoms with Gasteiger partial charge in [-0.05, 0) is 29.8 Å². The van der Waals surface area contributed by atoms with E-state index in [0.717, 1.165) is 0 Å². The zero-order chi connectivity index (χ0) is 14.0. The van der Waals surface area contributed by atoms with Crippen LogP contribution in [0.25, 0.3) is 0 Å². The maximum atomic E-state index is 12.8. The summed E-state index contributed by atoms with van der Waals surface area (Å²) in [6.07, 6.45) is 0. The number of halogens is 4. The van der Waals surface area contributed by atoms with Gasteiger partial charge in [0.05, 0.1) is 15.6 Å². The van der Waals surface area contributed by atoms with Crippen LogP contribution in [-0.4, -0.2) is 5.78 Å². The van der Waals surface area contributed by atoms with Crippen LogP contribution in [0.4, 0.5) is 4.39 Å². The molecule has 98 valence electrons. The summed E-state index contributed by atoms with van der Waals surface area (Å²) in [5.41, 5.74) is 0.666. The Labute approximate surface area is 124 Å². The molecule has 0 amide bonds. The summed E-state index contributed by atoms with van der Waals surface area (Å²) in [5, 5.41) is -0.478. The first-order valence-corrected chi connectivity index (χ1v) is 6.57. The van der Waals surface area contributed by atoms with Gasteiger partial charge in [0.2, 0.25) is 0 Å². The van der Waals surface area contributed by atoms with Gasteiger partial charge in [-0.2, -0.15) is 0 Å². The lowest BCUT2D eigenvalue weighted by molar-refractivity contribution is 0.0987. The summed E-state index contributed by atoms with van der Waals surface area (Å²) < 4.78 is 12.8. The molecule has 2 rings (SSSR count). The molecule has 1 nitrogen and oxygen atoms in total. The van der Waals surface area contributed by atoms with Gasteiger partial charge in [-0.1, -0.05) is 41.4 Å². The Kier molecular flexibility index (Phi) is 4.46. The smallest absolute Gasteiger partial charge is 0.188 e. The summed E-state index contributed by atoms with van der Waals surface area (Å²) in [6, 6.07) is 10.2. The molecule has 0 aliphatic rings. The van der Waals surface area contributed by atoms with E-state index >= 15 is 0 Å². The second kappa shape index (κ2) is 5.91. The predicted molar refractivity (Wildman–Crippen MR) is 75.8 cm³/mol. The van der Waals surface area contributed by atoms with Crippen LogP contribution in [0.15, 0.2) is 42.5 Å². The molecule has 0 aliphatic heterocycles. The van der Waals surface area contributed by atoms with Crippen LogP contribution < -0.4 is 0 Å². The van der Waals surface area contributed by atoms with Gasteiger partial charge in [0, 0.05) is 0 Å². The Morgan fingerprint density at radius 2 is 1.53 bits per heavy atom. The van der Waals surface area contributed by atoms with Crippen molar-refractivity contribution in [2.75, 3.05) is 0 Å². The molecule has 0 aromatic heterocycles. The summed E-state index contributed by atoms with van der Waals surface area (Å²) in [4.78, 5) is 12.3. The maximum absolute atomic E-state index is 12.8. The molecule has 0 saturated carbocycles. The predicted octanol–water partition coefficient (Wildman–Crippen LogP) is 5.30. The minimum absolute atomic E-state index is 0.176. The van der Waals surface area contributed by atoms with Crippen LogP contribution >= 0.6 is 34.8 Å². The van der Waals surface area contributed by atoms with E-state index in [1.165, 1.54) is 24.3 Å². The molecule has 2 aromatic carbocycles. The number of carbonyl (C=O) groups is 1. The summed E-state index contributed by atoms with van der Waals surface area (Å²) in [6.45, 7) is 0. The quantitative estimate of drug-likeness (QED) is 0.555. The average molecular weight is 318 g/mol. The summed E-state index contributed by atoms with van der Waals surface area (Å²) in [5.74, 6) is -0.806. The van der Waals surface area contributed by atoms with Crippen LogP contribution in [-0.2, 0) is 0 Å². The second-order valence-corrected chi connectivity index (χ2v) is 5.13. The lowest BCUT2D eigenvalue weighted by atomic mass is 10.0. The van der Waals surface area contributed by atoms with Gasteiger partial charge in [0.15, 0.2) is 5.78 Å². The third kappa shape index (κ3) is 3.08. The van der Waals surface area contributed by atoms with Crippen LogP contribution in [0.5, 0.6) is 0 Å². The van der Waals surface area contributed by atoms with Crippen molar-refractivity contribution in [3.8, 4) is 0 Å². The van der Waals surface area contributed by atoms with Crippen LogP contribution in [0.3, 0.4) is 0 Å². The fourth-order valence-electron chi connectivity index (χ4n) is 1.64. The Morgan fingerprint density at radius 1 is 1.00 bits per heavy atom. The Hall–Kier alpha value is -1.09. The van der Waals surface area contributed by atoms with Gasteiger partial charge in [-0.3, -0.25) is 4.79 Å². The first kappa shape index (κ1) is 14.3. The highest BCUT2D eigenvalue weighted by atomic mass is 35.5. The first-order chi connectivity index (χ1) is 9.00. The van der Waals surface area contributed by atoms with E-state index in [1.807, 2.05) is 0 Å². The third-order valence-electron chi connectivity index (χ3n) is 2.60. The van der Waals surface area contributed by atoms with Crippen molar-refractivity contribution in [3.05, 3.63) is 69.5 Å². The Morgan fingerprint density at radius 3 is 2.05 bits per heavy atom. The molecule has 1 unspecified atom stereocenters. The minimum Gasteiger partial charge on any atom is -0.292 e. The number of hydrogen-bond acceptors (Lipinski definition) is 1. The highest BCUT2D eigenvalue weighted by Crippen LogP contribution is 2.32.